The molecule has 0 bridgehead atoms. The molecule has 0 unspecified atom stereocenters. The Hall–Kier alpha value is -2.80. The number of nitrogens with zero attached hydrogens (tertiary/aromatic N) is 2. The number of sulfonamides is 1. The lowest BCUT2D eigenvalue weighted by atomic mass is 9.92. The van der Waals surface area contributed by atoms with Gasteiger partial charge in [0.05, 0.1) is 17.6 Å². The van der Waals surface area contributed by atoms with Crippen molar-refractivity contribution < 1.29 is 13.5 Å². The van der Waals surface area contributed by atoms with Gasteiger partial charge in [0.1, 0.15) is 10.6 Å². The largest absolute Gasteiger partial charge is 0.508 e. The first-order valence-electron chi connectivity index (χ1n) is 8.14. The summed E-state index contributed by atoms with van der Waals surface area (Å²) in [5.41, 5.74) is 1.17. The summed E-state index contributed by atoms with van der Waals surface area (Å²) < 4.78 is 30.1. The Morgan fingerprint density at radius 3 is 2.19 bits per heavy atom. The van der Waals surface area contributed by atoms with E-state index in [0.29, 0.717) is 11.4 Å². The summed E-state index contributed by atoms with van der Waals surface area (Å²) in [6.07, 6.45) is 1.53. The number of aromatic hydroxyl groups is 1. The molecule has 0 radical (unpaired) electrons. The number of aromatic nitrogens is 2. The third kappa shape index (κ3) is 3.72. The first kappa shape index (κ1) is 18.0. The number of phenols is 1. The van der Waals surface area contributed by atoms with Gasteiger partial charge in [-0.3, -0.25) is 4.72 Å². The topological polar surface area (TPSA) is 84.2 Å². The van der Waals surface area contributed by atoms with Gasteiger partial charge in [-0.15, -0.1) is 0 Å². The van der Waals surface area contributed by atoms with Crippen molar-refractivity contribution in [2.24, 2.45) is 0 Å². The summed E-state index contributed by atoms with van der Waals surface area (Å²) in [5, 5.41) is 13.9. The Labute approximate surface area is 153 Å². The molecule has 26 heavy (non-hydrogen) atoms. The summed E-state index contributed by atoms with van der Waals surface area (Å²) in [6.45, 7) is 5.76. The highest BCUT2D eigenvalue weighted by Gasteiger charge is 2.30. The predicted molar refractivity (Wildman–Crippen MR) is 101 cm³/mol. The molecule has 0 aliphatic carbocycles. The fraction of sp³-hybridized carbons (Fsp3) is 0.211. The molecule has 0 atom stereocenters. The number of hydrogen-bond acceptors (Lipinski definition) is 4. The second kappa shape index (κ2) is 6.49. The van der Waals surface area contributed by atoms with Crippen molar-refractivity contribution in [1.82, 2.24) is 9.78 Å². The summed E-state index contributed by atoms with van der Waals surface area (Å²) in [6, 6.07) is 15.2. The van der Waals surface area contributed by atoms with Crippen molar-refractivity contribution >= 4 is 15.7 Å². The van der Waals surface area contributed by atoms with E-state index in [0.717, 1.165) is 5.69 Å². The third-order valence-corrected chi connectivity index (χ3v) is 5.20. The van der Waals surface area contributed by atoms with E-state index in [1.807, 2.05) is 51.1 Å². The minimum atomic E-state index is -3.84. The Morgan fingerprint density at radius 1 is 1.00 bits per heavy atom. The molecule has 0 aliphatic rings. The maximum Gasteiger partial charge on any atom is 0.265 e. The van der Waals surface area contributed by atoms with E-state index in [-0.39, 0.29) is 10.6 Å². The van der Waals surface area contributed by atoms with Crippen molar-refractivity contribution in [1.29, 1.82) is 0 Å². The standard InChI is InChI=1S/C19H21N3O3S/c1-19(2,3)18-17(13-22(20-18)15-7-5-4-6-8-15)26(24,25)21-14-9-11-16(23)12-10-14/h4-13,21,23H,1-3H3. The van der Waals surface area contributed by atoms with Gasteiger partial charge >= 0.3 is 0 Å². The molecule has 0 aliphatic heterocycles. The van der Waals surface area contributed by atoms with Crippen LogP contribution in [0.25, 0.3) is 5.69 Å². The van der Waals surface area contributed by atoms with E-state index in [9.17, 15) is 13.5 Å². The van der Waals surface area contributed by atoms with Crippen LogP contribution in [0.1, 0.15) is 26.5 Å². The van der Waals surface area contributed by atoms with E-state index in [1.165, 1.54) is 30.5 Å². The van der Waals surface area contributed by atoms with Crippen LogP contribution in [0, 0.1) is 0 Å². The molecule has 3 aromatic rings. The van der Waals surface area contributed by atoms with Crippen LogP contribution in [0.2, 0.25) is 0 Å². The van der Waals surface area contributed by atoms with Gasteiger partial charge in [0.2, 0.25) is 0 Å². The number of nitrogens with one attached hydrogen (secondary N) is 1. The van der Waals surface area contributed by atoms with Crippen molar-refractivity contribution in [2.75, 3.05) is 4.72 Å². The number of anilines is 1. The van der Waals surface area contributed by atoms with Crippen LogP contribution in [0.4, 0.5) is 5.69 Å². The molecule has 0 spiro atoms. The summed E-state index contributed by atoms with van der Waals surface area (Å²) in [4.78, 5) is 0.127. The van der Waals surface area contributed by atoms with Crippen LogP contribution >= 0.6 is 0 Å². The molecule has 0 saturated heterocycles. The highest BCUT2D eigenvalue weighted by Crippen LogP contribution is 2.30. The molecule has 2 aromatic carbocycles. The van der Waals surface area contributed by atoms with Gasteiger partial charge in [-0.05, 0) is 36.4 Å². The quantitative estimate of drug-likeness (QED) is 0.685. The van der Waals surface area contributed by atoms with Gasteiger partial charge in [-0.2, -0.15) is 5.10 Å². The molecule has 1 aromatic heterocycles. The predicted octanol–water partition coefficient (Wildman–Crippen LogP) is 3.68. The fourth-order valence-corrected chi connectivity index (χ4v) is 3.92. The molecule has 2 N–H and O–H groups in total. The van der Waals surface area contributed by atoms with E-state index in [1.54, 1.807) is 4.68 Å². The zero-order valence-corrected chi connectivity index (χ0v) is 15.7. The molecular formula is C19H21N3O3S. The highest BCUT2D eigenvalue weighted by molar-refractivity contribution is 7.92. The number of hydrogen-bond donors (Lipinski definition) is 2. The van der Waals surface area contributed by atoms with Crippen LogP contribution in [0.3, 0.4) is 0 Å². The lowest BCUT2D eigenvalue weighted by molar-refractivity contribution is 0.475. The minimum absolute atomic E-state index is 0.0697. The second-order valence-corrected chi connectivity index (χ2v) is 8.68. The number of benzene rings is 2. The first-order valence-corrected chi connectivity index (χ1v) is 9.62. The first-order chi connectivity index (χ1) is 12.2. The Bertz CT molecular complexity index is 1000. The third-order valence-electron chi connectivity index (χ3n) is 3.82. The molecule has 6 nitrogen and oxygen atoms in total. The average Bonchev–Trinajstić information content (AvgIpc) is 3.04. The molecule has 3 rings (SSSR count). The Balaban J connectivity index is 2.07. The maximum atomic E-state index is 13.0. The lowest BCUT2D eigenvalue weighted by Crippen LogP contribution is -2.20. The monoisotopic (exact) mass is 371 g/mol. The molecule has 7 heteroatoms. The number of rotatable bonds is 4. The SMILES string of the molecule is CC(C)(C)c1nn(-c2ccccc2)cc1S(=O)(=O)Nc1ccc(O)cc1. The second-order valence-electron chi connectivity index (χ2n) is 7.02. The van der Waals surface area contributed by atoms with Gasteiger partial charge in [-0.25, -0.2) is 13.1 Å². The van der Waals surface area contributed by atoms with Crippen molar-refractivity contribution in [2.45, 2.75) is 31.1 Å². The van der Waals surface area contributed by atoms with Crippen LogP contribution in [-0.4, -0.2) is 23.3 Å². The lowest BCUT2D eigenvalue weighted by Gasteiger charge is -2.17. The molecule has 0 saturated carbocycles. The zero-order valence-electron chi connectivity index (χ0n) is 14.8. The smallest absolute Gasteiger partial charge is 0.265 e. The van der Waals surface area contributed by atoms with Gasteiger partial charge < -0.3 is 5.11 Å². The summed E-state index contributed by atoms with van der Waals surface area (Å²) in [7, 11) is -3.84. The fourth-order valence-electron chi connectivity index (χ4n) is 2.53. The van der Waals surface area contributed by atoms with Crippen molar-refractivity contribution in [3.8, 4) is 11.4 Å². The van der Waals surface area contributed by atoms with E-state index in [2.05, 4.69) is 9.82 Å². The van der Waals surface area contributed by atoms with Crippen molar-refractivity contribution in [3.05, 3.63) is 66.5 Å². The highest BCUT2D eigenvalue weighted by atomic mass is 32.2. The van der Waals surface area contributed by atoms with Gasteiger partial charge in [0.25, 0.3) is 10.0 Å². The zero-order chi connectivity index (χ0) is 18.9. The molecule has 0 amide bonds. The van der Waals surface area contributed by atoms with Crippen LogP contribution in [-0.2, 0) is 15.4 Å². The minimum Gasteiger partial charge on any atom is -0.508 e. The molecule has 1 heterocycles. The van der Waals surface area contributed by atoms with Crippen LogP contribution in [0.15, 0.2) is 65.7 Å². The van der Waals surface area contributed by atoms with Gasteiger partial charge in [-0.1, -0.05) is 39.0 Å². The van der Waals surface area contributed by atoms with Gasteiger partial charge in [0.15, 0.2) is 0 Å². The van der Waals surface area contributed by atoms with Crippen molar-refractivity contribution in [3.63, 3.8) is 0 Å². The van der Waals surface area contributed by atoms with E-state index in [4.69, 9.17) is 0 Å². The summed E-state index contributed by atoms with van der Waals surface area (Å²) in [5.74, 6) is 0.0697. The molecule has 136 valence electrons. The van der Waals surface area contributed by atoms with E-state index >= 15 is 0 Å². The number of para-hydroxylation sites is 1. The van der Waals surface area contributed by atoms with Gasteiger partial charge in [0, 0.05) is 11.1 Å². The molecule has 0 fully saturated rings. The average molecular weight is 371 g/mol. The van der Waals surface area contributed by atoms with Crippen LogP contribution < -0.4 is 4.72 Å². The Morgan fingerprint density at radius 2 is 1.62 bits per heavy atom. The maximum absolute atomic E-state index is 13.0. The number of phenolic OH excluding ortho intramolecular Hbond substituents is 1. The Kier molecular flexibility index (Phi) is 4.50. The van der Waals surface area contributed by atoms with Crippen LogP contribution in [0.5, 0.6) is 5.75 Å². The normalized spacial score (nSPS) is 12.1. The van der Waals surface area contributed by atoms with E-state index < -0.39 is 15.4 Å². The summed E-state index contributed by atoms with van der Waals surface area (Å²) >= 11 is 0. The molecular weight excluding hydrogens is 350 g/mol.